The first-order valence-electron chi connectivity index (χ1n) is 13.0. The van der Waals surface area contributed by atoms with Crippen LogP contribution in [0.5, 0.6) is 0 Å². The van der Waals surface area contributed by atoms with Crippen LogP contribution in [0.2, 0.25) is 0 Å². The maximum atomic E-state index is 14.2. The monoisotopic (exact) mass is 507 g/mol. The molecule has 0 aliphatic carbocycles. The van der Waals surface area contributed by atoms with E-state index in [9.17, 15) is 9.50 Å². The van der Waals surface area contributed by atoms with E-state index < -0.39 is 6.10 Å². The quantitative estimate of drug-likeness (QED) is 0.298. The summed E-state index contributed by atoms with van der Waals surface area (Å²) in [5.41, 5.74) is 2.58. The first kappa shape index (κ1) is 28.7. The molecule has 0 unspecified atom stereocenters. The standard InChI is InChI=1S/C30H42FN5O/c1-29(2,32-20-17-22-11-9-14-25(34-22)23-12-7-8-13-24(23)31)18-19-30(3,4)33-21-27(37)26-15-10-16-28(35-26)36(5)6/h7-16,27,32-33,37H,17-21H2,1-6H3/t27-/m1/s1. The molecule has 0 spiro atoms. The molecule has 37 heavy (non-hydrogen) atoms. The summed E-state index contributed by atoms with van der Waals surface area (Å²) in [5, 5.41) is 17.8. The number of β-amino-alcohol motifs (C(OH)–C–C–N with tert-alkyl or cyclic N) is 1. The van der Waals surface area contributed by atoms with Gasteiger partial charge in [0.25, 0.3) is 0 Å². The molecule has 3 N–H and O–H groups in total. The lowest BCUT2D eigenvalue weighted by Crippen LogP contribution is -2.46. The van der Waals surface area contributed by atoms with Gasteiger partial charge in [0.05, 0.1) is 11.4 Å². The molecule has 1 aromatic carbocycles. The van der Waals surface area contributed by atoms with Crippen LogP contribution in [-0.4, -0.2) is 53.3 Å². The molecular formula is C30H42FN5O. The Bertz CT molecular complexity index is 1150. The van der Waals surface area contributed by atoms with Gasteiger partial charge in [-0.1, -0.05) is 24.3 Å². The van der Waals surface area contributed by atoms with E-state index in [-0.39, 0.29) is 16.9 Å². The number of hydrogen-bond donors (Lipinski definition) is 3. The molecule has 2 aromatic heterocycles. The van der Waals surface area contributed by atoms with Gasteiger partial charge in [-0.3, -0.25) is 4.98 Å². The summed E-state index contributed by atoms with van der Waals surface area (Å²) in [5.74, 6) is 0.575. The van der Waals surface area contributed by atoms with Crippen LogP contribution in [0.4, 0.5) is 10.2 Å². The molecule has 0 fully saturated rings. The number of rotatable bonds is 13. The zero-order valence-electron chi connectivity index (χ0n) is 23.1. The van der Waals surface area contributed by atoms with Crippen molar-refractivity contribution < 1.29 is 9.50 Å². The Hall–Kier alpha value is -2.87. The van der Waals surface area contributed by atoms with E-state index in [0.29, 0.717) is 23.5 Å². The van der Waals surface area contributed by atoms with Crippen molar-refractivity contribution in [1.29, 1.82) is 0 Å². The summed E-state index contributed by atoms with van der Waals surface area (Å²) in [4.78, 5) is 11.1. The van der Waals surface area contributed by atoms with E-state index >= 15 is 0 Å². The predicted octanol–water partition coefficient (Wildman–Crippen LogP) is 5.14. The number of pyridine rings is 2. The summed E-state index contributed by atoms with van der Waals surface area (Å²) < 4.78 is 14.2. The highest BCUT2D eigenvalue weighted by atomic mass is 19.1. The molecule has 6 nitrogen and oxygen atoms in total. The van der Waals surface area contributed by atoms with Crippen LogP contribution in [-0.2, 0) is 6.42 Å². The number of benzene rings is 1. The minimum absolute atomic E-state index is 0.0672. The normalized spacial score (nSPS) is 13.0. The second kappa shape index (κ2) is 12.6. The predicted molar refractivity (Wildman–Crippen MR) is 150 cm³/mol. The van der Waals surface area contributed by atoms with Crippen molar-refractivity contribution in [2.24, 2.45) is 0 Å². The molecule has 0 amide bonds. The SMILES string of the molecule is CN(C)c1cccc([C@H](O)CNC(C)(C)CCC(C)(C)NCCc2cccc(-c3ccccc3F)n2)n1. The Balaban J connectivity index is 1.46. The summed E-state index contributed by atoms with van der Waals surface area (Å²) in [6.45, 7) is 9.96. The van der Waals surface area contributed by atoms with E-state index in [1.165, 1.54) is 6.07 Å². The fraction of sp³-hybridized carbons (Fsp3) is 0.467. The Labute approximate surface area is 221 Å². The Morgan fingerprint density at radius 3 is 2.24 bits per heavy atom. The first-order valence-corrected chi connectivity index (χ1v) is 13.0. The van der Waals surface area contributed by atoms with Gasteiger partial charge in [-0.25, -0.2) is 9.37 Å². The molecule has 0 bridgehead atoms. The van der Waals surface area contributed by atoms with E-state index in [0.717, 1.165) is 37.3 Å². The third-order valence-corrected chi connectivity index (χ3v) is 6.65. The topological polar surface area (TPSA) is 73.3 Å². The van der Waals surface area contributed by atoms with Crippen molar-refractivity contribution >= 4 is 5.82 Å². The third-order valence-electron chi connectivity index (χ3n) is 6.65. The van der Waals surface area contributed by atoms with E-state index in [1.807, 2.05) is 61.5 Å². The molecule has 0 saturated heterocycles. The zero-order valence-corrected chi connectivity index (χ0v) is 23.1. The number of nitrogens with one attached hydrogen (secondary N) is 2. The van der Waals surface area contributed by atoms with Gasteiger partial charge in [-0.15, -0.1) is 0 Å². The largest absolute Gasteiger partial charge is 0.385 e. The second-order valence-electron chi connectivity index (χ2n) is 11.2. The molecule has 2 heterocycles. The number of aliphatic hydroxyl groups excluding tert-OH is 1. The molecule has 7 heteroatoms. The zero-order chi connectivity index (χ0) is 27.1. The molecule has 0 radical (unpaired) electrons. The minimum atomic E-state index is -0.669. The van der Waals surface area contributed by atoms with Crippen LogP contribution >= 0.6 is 0 Å². The van der Waals surface area contributed by atoms with Gasteiger partial charge < -0.3 is 20.6 Å². The minimum Gasteiger partial charge on any atom is -0.385 e. The van der Waals surface area contributed by atoms with Crippen molar-refractivity contribution in [1.82, 2.24) is 20.6 Å². The van der Waals surface area contributed by atoms with Crippen LogP contribution in [0.25, 0.3) is 11.3 Å². The van der Waals surface area contributed by atoms with Crippen LogP contribution in [0.15, 0.2) is 60.7 Å². The smallest absolute Gasteiger partial charge is 0.132 e. The van der Waals surface area contributed by atoms with Crippen molar-refractivity contribution in [3.05, 3.63) is 77.9 Å². The van der Waals surface area contributed by atoms with Crippen LogP contribution in [0.1, 0.15) is 58.0 Å². The van der Waals surface area contributed by atoms with E-state index in [2.05, 4.69) is 48.3 Å². The van der Waals surface area contributed by atoms with Crippen LogP contribution in [0.3, 0.4) is 0 Å². The Kier molecular flexibility index (Phi) is 9.76. The molecule has 3 rings (SSSR count). The highest BCUT2D eigenvalue weighted by Crippen LogP contribution is 2.22. The van der Waals surface area contributed by atoms with Gasteiger partial charge in [0.1, 0.15) is 17.7 Å². The fourth-order valence-corrected chi connectivity index (χ4v) is 4.12. The number of aromatic nitrogens is 2. The molecule has 0 saturated carbocycles. The van der Waals surface area contributed by atoms with Gasteiger partial charge in [0.2, 0.25) is 0 Å². The van der Waals surface area contributed by atoms with Crippen LogP contribution < -0.4 is 15.5 Å². The highest BCUT2D eigenvalue weighted by molar-refractivity contribution is 5.59. The lowest BCUT2D eigenvalue weighted by Gasteiger charge is -2.33. The number of nitrogens with zero attached hydrogens (tertiary/aromatic N) is 3. The molecule has 1 atom stereocenters. The molecule has 3 aromatic rings. The highest BCUT2D eigenvalue weighted by Gasteiger charge is 2.25. The summed E-state index contributed by atoms with van der Waals surface area (Å²) in [6.07, 6.45) is 1.99. The van der Waals surface area contributed by atoms with Gasteiger partial charge >= 0.3 is 0 Å². The lowest BCUT2D eigenvalue weighted by atomic mass is 9.89. The molecular weight excluding hydrogens is 465 g/mol. The maximum Gasteiger partial charge on any atom is 0.132 e. The number of hydrogen-bond acceptors (Lipinski definition) is 6. The second-order valence-corrected chi connectivity index (χ2v) is 11.2. The lowest BCUT2D eigenvalue weighted by molar-refractivity contribution is 0.152. The van der Waals surface area contributed by atoms with Crippen molar-refractivity contribution in [2.75, 3.05) is 32.1 Å². The third kappa shape index (κ3) is 8.88. The number of halogens is 1. The maximum absolute atomic E-state index is 14.2. The van der Waals surface area contributed by atoms with Gasteiger partial charge in [0.15, 0.2) is 0 Å². The summed E-state index contributed by atoms with van der Waals surface area (Å²) >= 11 is 0. The summed E-state index contributed by atoms with van der Waals surface area (Å²) in [6, 6.07) is 18.2. The van der Waals surface area contributed by atoms with E-state index in [4.69, 9.17) is 0 Å². The van der Waals surface area contributed by atoms with Gasteiger partial charge in [-0.2, -0.15) is 0 Å². The van der Waals surface area contributed by atoms with E-state index in [1.54, 1.807) is 12.1 Å². The fourth-order valence-electron chi connectivity index (χ4n) is 4.12. The average Bonchev–Trinajstić information content (AvgIpc) is 2.87. The Morgan fingerprint density at radius 1 is 0.865 bits per heavy atom. The molecule has 0 aliphatic heterocycles. The van der Waals surface area contributed by atoms with Gasteiger partial charge in [0, 0.05) is 55.9 Å². The molecule has 200 valence electrons. The first-order chi connectivity index (χ1) is 17.5. The van der Waals surface area contributed by atoms with Gasteiger partial charge in [-0.05, 0) is 76.9 Å². The Morgan fingerprint density at radius 2 is 1.54 bits per heavy atom. The van der Waals surface area contributed by atoms with Crippen LogP contribution in [0, 0.1) is 5.82 Å². The number of aliphatic hydroxyl groups is 1. The van der Waals surface area contributed by atoms with Crippen molar-refractivity contribution in [3.63, 3.8) is 0 Å². The summed E-state index contributed by atoms with van der Waals surface area (Å²) in [7, 11) is 3.88. The molecule has 0 aliphatic rings. The van der Waals surface area contributed by atoms with Crippen molar-refractivity contribution in [3.8, 4) is 11.3 Å². The average molecular weight is 508 g/mol. The van der Waals surface area contributed by atoms with Crippen molar-refractivity contribution in [2.45, 2.75) is 64.1 Å². The number of anilines is 1.